The Morgan fingerprint density at radius 3 is 2.90 bits per heavy atom. The molecule has 6 nitrogen and oxygen atoms in total. The minimum absolute atomic E-state index is 0.284. The van der Waals surface area contributed by atoms with Gasteiger partial charge < -0.3 is 20.1 Å². The van der Waals surface area contributed by atoms with Crippen LogP contribution in [0.25, 0.3) is 0 Å². The van der Waals surface area contributed by atoms with Crippen molar-refractivity contribution in [2.75, 3.05) is 53.0 Å². The van der Waals surface area contributed by atoms with Crippen molar-refractivity contribution in [3.05, 3.63) is 22.4 Å². The zero-order valence-electron chi connectivity index (χ0n) is 19.0. The van der Waals surface area contributed by atoms with Crippen molar-refractivity contribution in [3.8, 4) is 0 Å². The van der Waals surface area contributed by atoms with Crippen LogP contribution in [0.3, 0.4) is 0 Å². The number of nitrogens with one attached hydrogen (secondary N) is 2. The highest BCUT2D eigenvalue weighted by atomic mass is 32.1. The molecule has 2 N–H and O–H groups in total. The van der Waals surface area contributed by atoms with Gasteiger partial charge in [0.15, 0.2) is 5.96 Å². The van der Waals surface area contributed by atoms with Gasteiger partial charge >= 0.3 is 0 Å². The summed E-state index contributed by atoms with van der Waals surface area (Å²) in [5.74, 6) is 0.903. The SMILES string of the molecule is CCOCCC1(CNC(=NC)NCC(c2cccs2)N2CCOC(C)C2)CCCC1. The molecule has 0 bridgehead atoms. The summed E-state index contributed by atoms with van der Waals surface area (Å²) in [4.78, 5) is 8.45. The number of guanidine groups is 1. The summed E-state index contributed by atoms with van der Waals surface area (Å²) in [6.07, 6.45) is 6.65. The van der Waals surface area contributed by atoms with Gasteiger partial charge in [-0.3, -0.25) is 9.89 Å². The topological polar surface area (TPSA) is 58.1 Å². The van der Waals surface area contributed by atoms with Gasteiger partial charge in [0, 0.05) is 51.3 Å². The van der Waals surface area contributed by atoms with Gasteiger partial charge in [0.1, 0.15) is 0 Å². The molecule has 0 spiro atoms. The van der Waals surface area contributed by atoms with Gasteiger partial charge in [-0.25, -0.2) is 0 Å². The van der Waals surface area contributed by atoms with Gasteiger partial charge in [0.2, 0.25) is 0 Å². The Morgan fingerprint density at radius 1 is 1.40 bits per heavy atom. The minimum atomic E-state index is 0.284. The fraction of sp³-hybridized carbons (Fsp3) is 0.783. The molecule has 1 saturated carbocycles. The molecule has 0 radical (unpaired) electrons. The van der Waals surface area contributed by atoms with Crippen molar-refractivity contribution >= 4 is 17.3 Å². The van der Waals surface area contributed by atoms with Gasteiger partial charge in [0.05, 0.1) is 18.8 Å². The van der Waals surface area contributed by atoms with Crippen LogP contribution in [-0.4, -0.2) is 70.0 Å². The Morgan fingerprint density at radius 2 is 2.23 bits per heavy atom. The maximum absolute atomic E-state index is 5.76. The first-order chi connectivity index (χ1) is 14.7. The number of rotatable bonds is 10. The van der Waals surface area contributed by atoms with Crippen LogP contribution in [0.2, 0.25) is 0 Å². The molecule has 1 aliphatic carbocycles. The van der Waals surface area contributed by atoms with E-state index in [9.17, 15) is 0 Å². The molecule has 2 fully saturated rings. The number of aliphatic imine (C=N–C) groups is 1. The van der Waals surface area contributed by atoms with Crippen molar-refractivity contribution < 1.29 is 9.47 Å². The zero-order chi connectivity index (χ0) is 21.2. The average molecular weight is 437 g/mol. The Bertz CT molecular complexity index is 631. The summed E-state index contributed by atoms with van der Waals surface area (Å²) in [6, 6.07) is 4.73. The molecule has 30 heavy (non-hydrogen) atoms. The van der Waals surface area contributed by atoms with E-state index in [4.69, 9.17) is 9.47 Å². The van der Waals surface area contributed by atoms with Crippen molar-refractivity contribution in [2.24, 2.45) is 10.4 Å². The second kappa shape index (κ2) is 12.0. The maximum Gasteiger partial charge on any atom is 0.191 e. The number of nitrogens with zero attached hydrogens (tertiary/aromatic N) is 2. The first-order valence-electron chi connectivity index (χ1n) is 11.6. The lowest BCUT2D eigenvalue weighted by molar-refractivity contribution is -0.0334. The highest BCUT2D eigenvalue weighted by Gasteiger charge is 2.33. The van der Waals surface area contributed by atoms with Crippen LogP contribution in [0.1, 0.15) is 56.9 Å². The third-order valence-electron chi connectivity index (χ3n) is 6.55. The van der Waals surface area contributed by atoms with Crippen LogP contribution in [-0.2, 0) is 9.47 Å². The van der Waals surface area contributed by atoms with E-state index in [2.05, 4.69) is 51.9 Å². The van der Waals surface area contributed by atoms with E-state index in [-0.39, 0.29) is 6.10 Å². The number of ether oxygens (including phenoxy) is 2. The van der Waals surface area contributed by atoms with Gasteiger partial charge in [-0.2, -0.15) is 0 Å². The smallest absolute Gasteiger partial charge is 0.191 e. The first kappa shape index (κ1) is 23.5. The summed E-state index contributed by atoms with van der Waals surface area (Å²) in [7, 11) is 1.87. The molecule has 2 unspecified atom stereocenters. The summed E-state index contributed by atoms with van der Waals surface area (Å²) < 4.78 is 11.4. The van der Waals surface area contributed by atoms with Crippen LogP contribution in [0.4, 0.5) is 0 Å². The predicted octanol–water partition coefficient (Wildman–Crippen LogP) is 3.66. The van der Waals surface area contributed by atoms with E-state index >= 15 is 0 Å². The van der Waals surface area contributed by atoms with Crippen molar-refractivity contribution in [1.82, 2.24) is 15.5 Å². The fourth-order valence-corrected chi connectivity index (χ4v) is 5.64. The predicted molar refractivity (Wildman–Crippen MR) is 125 cm³/mol. The number of hydrogen-bond donors (Lipinski definition) is 2. The molecule has 170 valence electrons. The van der Waals surface area contributed by atoms with Crippen LogP contribution in [0, 0.1) is 5.41 Å². The lowest BCUT2D eigenvalue weighted by Gasteiger charge is -2.37. The van der Waals surface area contributed by atoms with E-state index in [0.717, 1.165) is 58.4 Å². The highest BCUT2D eigenvalue weighted by molar-refractivity contribution is 7.10. The lowest BCUT2D eigenvalue weighted by Crippen LogP contribution is -2.49. The van der Waals surface area contributed by atoms with Crippen molar-refractivity contribution in [1.29, 1.82) is 0 Å². The molecular formula is C23H40N4O2S. The van der Waals surface area contributed by atoms with E-state index in [1.807, 2.05) is 18.4 Å². The molecule has 0 aromatic carbocycles. The van der Waals surface area contributed by atoms with Crippen LogP contribution >= 0.6 is 11.3 Å². The third-order valence-corrected chi connectivity index (χ3v) is 7.52. The normalized spacial score (nSPS) is 23.4. The summed E-state index contributed by atoms with van der Waals surface area (Å²) >= 11 is 1.83. The Hall–Kier alpha value is -1.15. The van der Waals surface area contributed by atoms with Gasteiger partial charge in [-0.1, -0.05) is 18.9 Å². The van der Waals surface area contributed by atoms with Crippen molar-refractivity contribution in [2.45, 2.75) is 58.1 Å². The lowest BCUT2D eigenvalue weighted by atomic mass is 9.83. The summed E-state index contributed by atoms with van der Waals surface area (Å²) in [5, 5.41) is 9.41. The number of morpholine rings is 1. The van der Waals surface area contributed by atoms with E-state index in [1.165, 1.54) is 30.6 Å². The third kappa shape index (κ3) is 6.67. The standard InChI is InChI=1S/C23H40N4O2S/c1-4-28-13-11-23(9-5-6-10-23)18-26-22(24-3)25-16-20(21-8-7-15-30-21)27-12-14-29-19(2)17-27/h7-8,15,19-20H,4-6,9-14,16-18H2,1-3H3,(H2,24,25,26). The molecule has 0 amide bonds. The average Bonchev–Trinajstić information content (AvgIpc) is 3.44. The Labute approximate surface area is 186 Å². The zero-order valence-corrected chi connectivity index (χ0v) is 19.8. The molecule has 1 aliphatic heterocycles. The minimum Gasteiger partial charge on any atom is -0.382 e. The van der Waals surface area contributed by atoms with Crippen LogP contribution < -0.4 is 10.6 Å². The molecule has 2 aliphatic rings. The molecule has 1 saturated heterocycles. The number of hydrogen-bond acceptors (Lipinski definition) is 5. The Balaban J connectivity index is 1.55. The first-order valence-corrected chi connectivity index (χ1v) is 12.4. The Kier molecular flexibility index (Phi) is 9.43. The van der Waals surface area contributed by atoms with E-state index in [1.54, 1.807) is 0 Å². The summed E-state index contributed by atoms with van der Waals surface area (Å²) in [6.45, 7) is 10.5. The molecule has 1 aromatic rings. The largest absolute Gasteiger partial charge is 0.382 e. The highest BCUT2D eigenvalue weighted by Crippen LogP contribution is 2.40. The number of thiophene rings is 1. The summed E-state index contributed by atoms with van der Waals surface area (Å²) in [5.41, 5.74) is 0.347. The van der Waals surface area contributed by atoms with E-state index in [0.29, 0.717) is 11.5 Å². The van der Waals surface area contributed by atoms with Crippen LogP contribution in [0.15, 0.2) is 22.5 Å². The second-order valence-electron chi connectivity index (χ2n) is 8.67. The molecule has 2 atom stereocenters. The molecule has 1 aromatic heterocycles. The molecular weight excluding hydrogens is 396 g/mol. The quantitative estimate of drug-likeness (QED) is 0.333. The molecule has 7 heteroatoms. The maximum atomic E-state index is 5.76. The fourth-order valence-electron chi connectivity index (χ4n) is 4.78. The van der Waals surface area contributed by atoms with Gasteiger partial charge in [0.25, 0.3) is 0 Å². The van der Waals surface area contributed by atoms with Crippen molar-refractivity contribution in [3.63, 3.8) is 0 Å². The van der Waals surface area contributed by atoms with Gasteiger partial charge in [-0.15, -0.1) is 11.3 Å². The molecule has 2 heterocycles. The van der Waals surface area contributed by atoms with Crippen LogP contribution in [0.5, 0.6) is 0 Å². The van der Waals surface area contributed by atoms with E-state index < -0.39 is 0 Å². The van der Waals surface area contributed by atoms with Gasteiger partial charge in [-0.05, 0) is 50.0 Å². The second-order valence-corrected chi connectivity index (χ2v) is 9.65. The molecule has 3 rings (SSSR count). The monoisotopic (exact) mass is 436 g/mol.